The highest BCUT2D eigenvalue weighted by Crippen LogP contribution is 2.37. The highest BCUT2D eigenvalue weighted by Gasteiger charge is 2.48. The van der Waals surface area contributed by atoms with Crippen LogP contribution in [-0.4, -0.2) is 147 Å². The molecule has 274 valence electrons. The van der Waals surface area contributed by atoms with E-state index in [9.17, 15) is 55.5 Å². The largest absolute Gasteiger partial charge is 0.504 e. The van der Waals surface area contributed by atoms with Crippen LogP contribution in [0.1, 0.15) is 11.1 Å². The number of rotatable bonds is 12. The molecule has 9 N–H and O–H groups in total. The molecule has 2 aliphatic heterocycles. The Morgan fingerprint density at radius 2 is 1.20 bits per heavy atom. The van der Waals surface area contributed by atoms with E-state index in [4.69, 9.17) is 33.2 Å². The third kappa shape index (κ3) is 9.18. The van der Waals surface area contributed by atoms with Crippen LogP contribution < -0.4 is 9.47 Å². The van der Waals surface area contributed by atoms with Gasteiger partial charge in [-0.2, -0.15) is 0 Å². The first-order valence-corrected chi connectivity index (χ1v) is 15.0. The first kappa shape index (κ1) is 38.3. The lowest BCUT2D eigenvalue weighted by atomic mass is 9.98. The van der Waals surface area contributed by atoms with Crippen LogP contribution >= 0.6 is 0 Å². The van der Waals surface area contributed by atoms with Crippen molar-refractivity contribution in [3.63, 3.8) is 0 Å². The molecule has 4 rings (SSSR count). The molecule has 0 bridgehead atoms. The second-order valence-electron chi connectivity index (χ2n) is 11.1. The minimum Gasteiger partial charge on any atom is -0.504 e. The predicted molar refractivity (Wildman–Crippen MR) is 165 cm³/mol. The van der Waals surface area contributed by atoms with Crippen LogP contribution in [0, 0.1) is 0 Å². The van der Waals surface area contributed by atoms with E-state index in [1.54, 1.807) is 0 Å². The Hall–Kier alpha value is -4.50. The molecule has 0 radical (unpaired) electrons. The summed E-state index contributed by atoms with van der Waals surface area (Å²) < 4.78 is 36.7. The van der Waals surface area contributed by atoms with Crippen LogP contribution in [0.5, 0.6) is 28.7 Å². The number of ether oxygens (including phenoxy) is 7. The van der Waals surface area contributed by atoms with Crippen LogP contribution in [0.4, 0.5) is 0 Å². The molecule has 50 heavy (non-hydrogen) atoms. The van der Waals surface area contributed by atoms with Crippen LogP contribution in [0.3, 0.4) is 0 Å². The van der Waals surface area contributed by atoms with Gasteiger partial charge in [0.15, 0.2) is 29.3 Å². The maximum absolute atomic E-state index is 12.4. The van der Waals surface area contributed by atoms with Crippen molar-refractivity contribution in [1.29, 1.82) is 0 Å². The molecule has 2 aromatic carbocycles. The monoisotopic (exact) mass is 710 g/mol. The SMILES string of the molecule is COc1cc(/C=C/C(=O)OC[C@H]2O[C@@H](OC[C@H]3O[C@@H](OC(=O)/C=C/c4ccc(O)c(O)c4)[C@H](O)[C@@H](O)[C@@H]3O)[C@H](O)[C@@H](O)[C@@H]2O)cc(OC)c1O. The minimum absolute atomic E-state index is 0.0877. The molecule has 0 amide bonds. The predicted octanol–water partition coefficient (Wildman–Crippen LogP) is -1.73. The lowest BCUT2D eigenvalue weighted by Crippen LogP contribution is -2.62. The van der Waals surface area contributed by atoms with Gasteiger partial charge in [0.2, 0.25) is 12.0 Å². The number of phenols is 3. The topological polar surface area (TPSA) is 281 Å². The number of aromatic hydroxyl groups is 3. The molecule has 18 heteroatoms. The van der Waals surface area contributed by atoms with E-state index in [1.165, 1.54) is 50.6 Å². The summed E-state index contributed by atoms with van der Waals surface area (Å²) in [5, 5.41) is 91.4. The van der Waals surface area contributed by atoms with E-state index in [2.05, 4.69) is 0 Å². The first-order chi connectivity index (χ1) is 23.7. The highest BCUT2D eigenvalue weighted by molar-refractivity contribution is 5.88. The van der Waals surface area contributed by atoms with Crippen molar-refractivity contribution in [2.75, 3.05) is 27.4 Å². The van der Waals surface area contributed by atoms with E-state index in [1.807, 2.05) is 0 Å². The molecular weight excluding hydrogens is 672 g/mol. The number of hydrogen-bond acceptors (Lipinski definition) is 18. The minimum atomic E-state index is -1.89. The summed E-state index contributed by atoms with van der Waals surface area (Å²) in [5.41, 5.74) is 0.714. The zero-order valence-corrected chi connectivity index (χ0v) is 26.6. The van der Waals surface area contributed by atoms with Crippen LogP contribution in [0.25, 0.3) is 12.2 Å². The van der Waals surface area contributed by atoms with E-state index in [-0.39, 0.29) is 23.0 Å². The normalized spacial score (nSPS) is 29.9. The van der Waals surface area contributed by atoms with Crippen molar-refractivity contribution in [3.05, 3.63) is 53.6 Å². The number of methoxy groups -OCH3 is 2. The number of benzene rings is 2. The van der Waals surface area contributed by atoms with E-state index in [0.29, 0.717) is 11.1 Å². The Kier molecular flexibility index (Phi) is 13.0. The van der Waals surface area contributed by atoms with Gasteiger partial charge in [-0.3, -0.25) is 0 Å². The molecule has 0 unspecified atom stereocenters. The summed E-state index contributed by atoms with van der Waals surface area (Å²) in [4.78, 5) is 24.8. The molecule has 2 heterocycles. The van der Waals surface area contributed by atoms with E-state index < -0.39 is 92.3 Å². The Labute approximate surface area is 284 Å². The molecule has 0 aromatic heterocycles. The van der Waals surface area contributed by atoms with Crippen molar-refractivity contribution in [2.24, 2.45) is 0 Å². The fourth-order valence-electron chi connectivity index (χ4n) is 4.88. The van der Waals surface area contributed by atoms with E-state index in [0.717, 1.165) is 18.2 Å². The highest BCUT2D eigenvalue weighted by atomic mass is 16.7. The summed E-state index contributed by atoms with van der Waals surface area (Å²) in [7, 11) is 2.66. The summed E-state index contributed by atoms with van der Waals surface area (Å²) in [6, 6.07) is 6.59. The average Bonchev–Trinajstić information content (AvgIpc) is 3.10. The van der Waals surface area contributed by atoms with Gasteiger partial charge >= 0.3 is 11.9 Å². The summed E-state index contributed by atoms with van der Waals surface area (Å²) in [5.74, 6) is -2.82. The summed E-state index contributed by atoms with van der Waals surface area (Å²) in [6.45, 7) is -1.28. The molecule has 2 saturated heterocycles. The van der Waals surface area contributed by atoms with Crippen molar-refractivity contribution in [1.82, 2.24) is 0 Å². The molecule has 2 fully saturated rings. The van der Waals surface area contributed by atoms with Crippen molar-refractivity contribution < 1.29 is 88.7 Å². The molecule has 2 aliphatic rings. The number of phenolic OH excluding ortho intramolecular Hbond substituents is 3. The third-order valence-corrected chi connectivity index (χ3v) is 7.71. The van der Waals surface area contributed by atoms with E-state index >= 15 is 0 Å². The van der Waals surface area contributed by atoms with Crippen molar-refractivity contribution in [2.45, 2.75) is 61.4 Å². The Morgan fingerprint density at radius 3 is 1.80 bits per heavy atom. The van der Waals surface area contributed by atoms with Crippen molar-refractivity contribution >= 4 is 24.1 Å². The van der Waals surface area contributed by atoms with Crippen LogP contribution in [-0.2, 0) is 33.3 Å². The maximum atomic E-state index is 12.4. The zero-order chi connectivity index (χ0) is 36.7. The van der Waals surface area contributed by atoms with Gasteiger partial charge in [-0.1, -0.05) is 6.07 Å². The number of aliphatic hydroxyl groups is 6. The van der Waals surface area contributed by atoms with Gasteiger partial charge in [0.1, 0.15) is 55.4 Å². The second-order valence-corrected chi connectivity index (χ2v) is 11.1. The molecule has 0 spiro atoms. The van der Waals surface area contributed by atoms with Gasteiger partial charge in [-0.25, -0.2) is 9.59 Å². The lowest BCUT2D eigenvalue weighted by Gasteiger charge is -2.42. The van der Waals surface area contributed by atoms with Crippen LogP contribution in [0.15, 0.2) is 42.5 Å². The van der Waals surface area contributed by atoms with Gasteiger partial charge < -0.3 is 79.1 Å². The number of esters is 2. The number of hydrogen-bond donors (Lipinski definition) is 9. The number of carbonyl (C=O) groups is 2. The molecule has 18 nitrogen and oxygen atoms in total. The quantitative estimate of drug-likeness (QED) is 0.0672. The Balaban J connectivity index is 1.33. The Morgan fingerprint density at radius 1 is 0.660 bits per heavy atom. The molecule has 2 aromatic rings. The lowest BCUT2D eigenvalue weighted by molar-refractivity contribution is -0.326. The molecule has 0 saturated carbocycles. The fourth-order valence-corrected chi connectivity index (χ4v) is 4.88. The maximum Gasteiger partial charge on any atom is 0.333 e. The summed E-state index contributed by atoms with van der Waals surface area (Å²) in [6.07, 6.45) is -12.9. The Bertz CT molecular complexity index is 1520. The number of carbonyl (C=O) groups excluding carboxylic acids is 2. The van der Waals surface area contributed by atoms with Gasteiger partial charge in [-0.05, 0) is 47.5 Å². The molecule has 10 atom stereocenters. The van der Waals surface area contributed by atoms with Gasteiger partial charge in [0.25, 0.3) is 0 Å². The fraction of sp³-hybridized carbons (Fsp3) is 0.438. The molecular formula is C32H38O18. The standard InChI is InChI=1S/C32H38O18/c1-44-18-10-15(11-19(45-2)24(18)37)5-7-22(35)46-12-20-25(38)27(40)29(42)31(48-20)47-13-21-26(39)28(41)30(43)32(49-21)50-23(36)8-4-14-3-6-16(33)17(34)9-14/h3-11,20-21,25-34,37-43H,12-13H2,1-2H3/b7-5+,8-4+/t20-,21-,25-,26-,27+,28+,29-,30-,31-,32+/m1/s1. The van der Waals surface area contributed by atoms with Gasteiger partial charge in [-0.15, -0.1) is 0 Å². The zero-order valence-electron chi connectivity index (χ0n) is 26.6. The first-order valence-electron chi connectivity index (χ1n) is 15.0. The average molecular weight is 711 g/mol. The van der Waals surface area contributed by atoms with Crippen LogP contribution in [0.2, 0.25) is 0 Å². The second kappa shape index (κ2) is 16.9. The molecule has 0 aliphatic carbocycles. The smallest absolute Gasteiger partial charge is 0.333 e. The summed E-state index contributed by atoms with van der Waals surface area (Å²) >= 11 is 0. The van der Waals surface area contributed by atoms with Crippen molar-refractivity contribution in [3.8, 4) is 28.7 Å². The number of aliphatic hydroxyl groups excluding tert-OH is 6. The van der Waals surface area contributed by atoms with Gasteiger partial charge in [0.05, 0.1) is 20.8 Å². The third-order valence-electron chi connectivity index (χ3n) is 7.71. The van der Waals surface area contributed by atoms with Gasteiger partial charge in [0, 0.05) is 12.2 Å².